The second kappa shape index (κ2) is 10.4. The summed E-state index contributed by atoms with van der Waals surface area (Å²) >= 11 is 0. The molecule has 1 atom stereocenters. The summed E-state index contributed by atoms with van der Waals surface area (Å²) in [6.07, 6.45) is 6.39. The van der Waals surface area contributed by atoms with Gasteiger partial charge >= 0.3 is 0 Å². The van der Waals surface area contributed by atoms with Crippen LogP contribution in [0.3, 0.4) is 0 Å². The van der Waals surface area contributed by atoms with Crippen LogP contribution in [-0.4, -0.2) is 26.3 Å². The van der Waals surface area contributed by atoms with E-state index in [2.05, 4.69) is 26.1 Å². The highest BCUT2D eigenvalue weighted by Crippen LogP contribution is 2.18. The normalized spacial score (nSPS) is 13.4. The van der Waals surface area contributed by atoms with Gasteiger partial charge in [-0.15, -0.1) is 0 Å². The first-order valence-electron chi connectivity index (χ1n) is 6.52. The van der Waals surface area contributed by atoms with Crippen molar-refractivity contribution in [1.29, 1.82) is 0 Å². The van der Waals surface area contributed by atoms with E-state index < -0.39 is 0 Å². The molecule has 0 fully saturated rings. The Kier molecular flexibility index (Phi) is 10.4. The Balaban J connectivity index is 4.09. The van der Waals surface area contributed by atoms with Crippen LogP contribution in [0.5, 0.6) is 0 Å². The predicted molar refractivity (Wildman–Crippen MR) is 67.3 cm³/mol. The van der Waals surface area contributed by atoms with E-state index in [1.807, 2.05) is 0 Å². The van der Waals surface area contributed by atoms with Gasteiger partial charge in [-0.3, -0.25) is 0 Å². The molecule has 0 aliphatic carbocycles. The summed E-state index contributed by atoms with van der Waals surface area (Å²) in [7, 11) is 1.80. The van der Waals surface area contributed by atoms with Gasteiger partial charge in [0, 0.05) is 13.2 Å². The van der Waals surface area contributed by atoms with Crippen LogP contribution in [0.2, 0.25) is 0 Å². The molecule has 0 radical (unpaired) electrons. The molecule has 0 rings (SSSR count). The molecule has 0 aromatic carbocycles. The zero-order valence-corrected chi connectivity index (χ0v) is 11.0. The Morgan fingerprint density at radius 3 is 2.00 bits per heavy atom. The Morgan fingerprint density at radius 2 is 1.60 bits per heavy atom. The summed E-state index contributed by atoms with van der Waals surface area (Å²) in [6.45, 7) is 8.72. The largest absolute Gasteiger partial charge is 0.383 e. The van der Waals surface area contributed by atoms with E-state index in [-0.39, 0.29) is 0 Å². The van der Waals surface area contributed by atoms with E-state index in [0.29, 0.717) is 6.04 Å². The van der Waals surface area contributed by atoms with E-state index in [1.165, 1.54) is 32.1 Å². The second-order valence-electron chi connectivity index (χ2n) is 4.35. The zero-order valence-electron chi connectivity index (χ0n) is 11.0. The quantitative estimate of drug-likeness (QED) is 0.604. The maximum Gasteiger partial charge on any atom is 0.0618 e. The van der Waals surface area contributed by atoms with Crippen LogP contribution in [0.25, 0.3) is 0 Å². The van der Waals surface area contributed by atoms with Crippen molar-refractivity contribution in [3.8, 4) is 0 Å². The van der Waals surface area contributed by atoms with Crippen molar-refractivity contribution >= 4 is 0 Å². The lowest BCUT2D eigenvalue weighted by atomic mass is 9.90. The van der Waals surface area contributed by atoms with Crippen molar-refractivity contribution in [1.82, 2.24) is 5.32 Å². The van der Waals surface area contributed by atoms with Gasteiger partial charge in [-0.1, -0.05) is 33.6 Å². The number of hydrogen-bond acceptors (Lipinski definition) is 2. The SMILES string of the molecule is CCCNC(COC)C(CCC)CCC. The number of methoxy groups -OCH3 is 1. The van der Waals surface area contributed by atoms with Gasteiger partial charge in [0.2, 0.25) is 0 Å². The minimum atomic E-state index is 0.551. The molecule has 2 nitrogen and oxygen atoms in total. The molecule has 15 heavy (non-hydrogen) atoms. The topological polar surface area (TPSA) is 21.3 Å². The molecule has 0 aromatic heterocycles. The van der Waals surface area contributed by atoms with Crippen molar-refractivity contribution in [3.63, 3.8) is 0 Å². The second-order valence-corrected chi connectivity index (χ2v) is 4.35. The summed E-state index contributed by atoms with van der Waals surface area (Å²) in [5, 5.41) is 3.62. The van der Waals surface area contributed by atoms with Crippen molar-refractivity contribution in [2.45, 2.75) is 58.9 Å². The predicted octanol–water partition coefficient (Wildman–Crippen LogP) is 3.22. The van der Waals surface area contributed by atoms with E-state index in [9.17, 15) is 0 Å². The fourth-order valence-electron chi connectivity index (χ4n) is 2.16. The summed E-state index contributed by atoms with van der Waals surface area (Å²) < 4.78 is 5.31. The van der Waals surface area contributed by atoms with Gasteiger partial charge in [0.1, 0.15) is 0 Å². The van der Waals surface area contributed by atoms with Crippen LogP contribution in [0.1, 0.15) is 52.9 Å². The van der Waals surface area contributed by atoms with E-state index in [0.717, 1.165) is 19.1 Å². The maximum absolute atomic E-state index is 5.31. The highest BCUT2D eigenvalue weighted by Gasteiger charge is 2.18. The Labute approximate surface area is 95.8 Å². The molecule has 92 valence electrons. The van der Waals surface area contributed by atoms with Gasteiger partial charge < -0.3 is 10.1 Å². The third kappa shape index (κ3) is 6.91. The zero-order chi connectivity index (χ0) is 11.5. The summed E-state index contributed by atoms with van der Waals surface area (Å²) in [6, 6.07) is 0.551. The van der Waals surface area contributed by atoms with Crippen molar-refractivity contribution < 1.29 is 4.74 Å². The number of ether oxygens (including phenoxy) is 1. The molecule has 0 spiro atoms. The Bertz CT molecular complexity index is 122. The molecule has 0 heterocycles. The molecule has 1 N–H and O–H groups in total. The van der Waals surface area contributed by atoms with Crippen molar-refractivity contribution in [2.75, 3.05) is 20.3 Å². The number of rotatable bonds is 10. The lowest BCUT2D eigenvalue weighted by molar-refractivity contribution is 0.132. The minimum absolute atomic E-state index is 0.551. The van der Waals surface area contributed by atoms with Gasteiger partial charge in [-0.2, -0.15) is 0 Å². The first-order valence-corrected chi connectivity index (χ1v) is 6.52. The molecule has 1 unspecified atom stereocenters. The highest BCUT2D eigenvalue weighted by atomic mass is 16.5. The van der Waals surface area contributed by atoms with Gasteiger partial charge in [0.15, 0.2) is 0 Å². The van der Waals surface area contributed by atoms with Crippen LogP contribution >= 0.6 is 0 Å². The van der Waals surface area contributed by atoms with E-state index >= 15 is 0 Å². The van der Waals surface area contributed by atoms with E-state index in [4.69, 9.17) is 4.74 Å². The molecular formula is C13H29NO. The van der Waals surface area contributed by atoms with Crippen LogP contribution < -0.4 is 5.32 Å². The average molecular weight is 215 g/mol. The fourth-order valence-corrected chi connectivity index (χ4v) is 2.16. The van der Waals surface area contributed by atoms with Gasteiger partial charge in [-0.25, -0.2) is 0 Å². The molecule has 0 saturated carbocycles. The molecular weight excluding hydrogens is 186 g/mol. The molecule has 0 aromatic rings. The average Bonchev–Trinajstić information content (AvgIpc) is 2.24. The number of hydrogen-bond donors (Lipinski definition) is 1. The monoisotopic (exact) mass is 215 g/mol. The lowest BCUT2D eigenvalue weighted by Gasteiger charge is -2.27. The highest BCUT2D eigenvalue weighted by molar-refractivity contribution is 4.75. The van der Waals surface area contributed by atoms with Gasteiger partial charge in [-0.05, 0) is 31.7 Å². The molecule has 0 amide bonds. The first-order chi connectivity index (χ1) is 7.29. The smallest absolute Gasteiger partial charge is 0.0618 e. The Hall–Kier alpha value is -0.0800. The van der Waals surface area contributed by atoms with Crippen LogP contribution in [0.15, 0.2) is 0 Å². The third-order valence-electron chi connectivity index (χ3n) is 2.89. The first kappa shape index (κ1) is 14.9. The van der Waals surface area contributed by atoms with Crippen molar-refractivity contribution in [3.05, 3.63) is 0 Å². The third-order valence-corrected chi connectivity index (χ3v) is 2.89. The minimum Gasteiger partial charge on any atom is -0.383 e. The van der Waals surface area contributed by atoms with Crippen LogP contribution in [0, 0.1) is 5.92 Å². The lowest BCUT2D eigenvalue weighted by Crippen LogP contribution is -2.40. The van der Waals surface area contributed by atoms with Crippen LogP contribution in [-0.2, 0) is 4.74 Å². The molecule has 0 aliphatic heterocycles. The molecule has 0 saturated heterocycles. The van der Waals surface area contributed by atoms with Crippen molar-refractivity contribution in [2.24, 2.45) is 5.92 Å². The maximum atomic E-state index is 5.31. The standard InChI is InChI=1S/C13H29NO/c1-5-8-12(9-6-2)13(11-15-4)14-10-7-3/h12-14H,5-11H2,1-4H3. The fraction of sp³-hybridized carbons (Fsp3) is 1.00. The van der Waals surface area contributed by atoms with E-state index in [1.54, 1.807) is 7.11 Å². The summed E-state index contributed by atoms with van der Waals surface area (Å²) in [5.74, 6) is 0.784. The van der Waals surface area contributed by atoms with Crippen LogP contribution in [0.4, 0.5) is 0 Å². The summed E-state index contributed by atoms with van der Waals surface area (Å²) in [5.41, 5.74) is 0. The van der Waals surface area contributed by atoms with Gasteiger partial charge in [0.05, 0.1) is 6.61 Å². The molecule has 0 aliphatic rings. The molecule has 0 bridgehead atoms. The Morgan fingerprint density at radius 1 is 1.00 bits per heavy atom. The van der Waals surface area contributed by atoms with Gasteiger partial charge in [0.25, 0.3) is 0 Å². The summed E-state index contributed by atoms with van der Waals surface area (Å²) in [4.78, 5) is 0. The number of nitrogens with one attached hydrogen (secondary N) is 1. The molecule has 2 heteroatoms.